The van der Waals surface area contributed by atoms with Crippen LogP contribution in [0.25, 0.3) is 0 Å². The molecular weight excluding hydrogens is 252 g/mol. The molecule has 0 saturated heterocycles. The number of hydrogen-bond donors (Lipinski definition) is 2. The zero-order valence-electron chi connectivity index (χ0n) is 11.0. The highest BCUT2D eigenvalue weighted by molar-refractivity contribution is 7.89. The third kappa shape index (κ3) is 3.83. The van der Waals surface area contributed by atoms with Crippen LogP contribution >= 0.6 is 0 Å². The lowest BCUT2D eigenvalue weighted by Crippen LogP contribution is -2.34. The standard InChI is InChI=1S/C12H20N2O3S/c1-12(2,3)13-8-10-6-7-11(17-10)18(15,16)14-9-4-5-9/h6-7,9,13-14H,4-5,8H2,1-3H3. The van der Waals surface area contributed by atoms with Crippen LogP contribution in [-0.4, -0.2) is 20.0 Å². The molecular formula is C12H20N2O3S. The van der Waals surface area contributed by atoms with Gasteiger partial charge in [0, 0.05) is 11.6 Å². The Kier molecular flexibility index (Phi) is 3.53. The summed E-state index contributed by atoms with van der Waals surface area (Å²) in [6.45, 7) is 6.65. The average Bonchev–Trinajstić information content (AvgIpc) is 2.89. The van der Waals surface area contributed by atoms with Crippen molar-refractivity contribution in [2.75, 3.05) is 0 Å². The molecule has 5 nitrogen and oxygen atoms in total. The highest BCUT2D eigenvalue weighted by atomic mass is 32.2. The average molecular weight is 272 g/mol. The first kappa shape index (κ1) is 13.6. The molecule has 0 aromatic carbocycles. The lowest BCUT2D eigenvalue weighted by atomic mass is 10.1. The molecule has 1 aromatic heterocycles. The molecule has 0 radical (unpaired) electrons. The van der Waals surface area contributed by atoms with Crippen molar-refractivity contribution in [1.29, 1.82) is 0 Å². The molecule has 18 heavy (non-hydrogen) atoms. The van der Waals surface area contributed by atoms with E-state index in [1.807, 2.05) is 20.8 Å². The van der Waals surface area contributed by atoms with Gasteiger partial charge in [-0.05, 0) is 45.7 Å². The highest BCUT2D eigenvalue weighted by Crippen LogP contribution is 2.23. The van der Waals surface area contributed by atoms with Crippen LogP contribution in [0.5, 0.6) is 0 Å². The summed E-state index contributed by atoms with van der Waals surface area (Å²) in [7, 11) is -3.47. The predicted molar refractivity (Wildman–Crippen MR) is 68.6 cm³/mol. The van der Waals surface area contributed by atoms with E-state index in [9.17, 15) is 8.42 Å². The van der Waals surface area contributed by atoms with Gasteiger partial charge in [0.05, 0.1) is 6.54 Å². The Morgan fingerprint density at radius 3 is 2.56 bits per heavy atom. The van der Waals surface area contributed by atoms with Crippen molar-refractivity contribution < 1.29 is 12.8 Å². The van der Waals surface area contributed by atoms with Crippen LogP contribution in [0.1, 0.15) is 39.4 Å². The van der Waals surface area contributed by atoms with Crippen molar-refractivity contribution in [1.82, 2.24) is 10.0 Å². The topological polar surface area (TPSA) is 71.3 Å². The molecule has 0 spiro atoms. The number of nitrogens with one attached hydrogen (secondary N) is 2. The van der Waals surface area contributed by atoms with E-state index in [4.69, 9.17) is 4.42 Å². The fraction of sp³-hybridized carbons (Fsp3) is 0.667. The molecule has 1 aliphatic carbocycles. The van der Waals surface area contributed by atoms with E-state index in [-0.39, 0.29) is 16.7 Å². The maximum atomic E-state index is 11.9. The second kappa shape index (κ2) is 4.68. The Bertz CT molecular complexity index is 510. The number of rotatable bonds is 5. The minimum atomic E-state index is -3.47. The molecule has 0 amide bonds. The first-order valence-electron chi connectivity index (χ1n) is 6.12. The molecule has 1 aliphatic rings. The smallest absolute Gasteiger partial charge is 0.274 e. The summed E-state index contributed by atoms with van der Waals surface area (Å²) in [6, 6.07) is 3.29. The Hall–Kier alpha value is -0.850. The Balaban J connectivity index is 2.01. The van der Waals surface area contributed by atoms with Crippen LogP contribution in [0.2, 0.25) is 0 Å². The zero-order valence-corrected chi connectivity index (χ0v) is 11.8. The summed E-state index contributed by atoms with van der Waals surface area (Å²) in [4.78, 5) is 0. The summed E-state index contributed by atoms with van der Waals surface area (Å²) in [5, 5.41) is 3.25. The van der Waals surface area contributed by atoms with E-state index < -0.39 is 10.0 Å². The quantitative estimate of drug-likeness (QED) is 0.854. The van der Waals surface area contributed by atoms with E-state index >= 15 is 0 Å². The minimum absolute atomic E-state index is 0.000101. The lowest BCUT2D eigenvalue weighted by Gasteiger charge is -2.19. The molecule has 1 fully saturated rings. The van der Waals surface area contributed by atoms with Gasteiger partial charge >= 0.3 is 0 Å². The zero-order chi connectivity index (χ0) is 13.4. The van der Waals surface area contributed by atoms with Gasteiger partial charge in [0.1, 0.15) is 5.76 Å². The third-order valence-corrected chi connectivity index (χ3v) is 3.99. The van der Waals surface area contributed by atoms with Crippen LogP contribution in [0.15, 0.2) is 21.6 Å². The van der Waals surface area contributed by atoms with Crippen molar-refractivity contribution in [2.24, 2.45) is 0 Å². The van der Waals surface area contributed by atoms with Gasteiger partial charge in [-0.3, -0.25) is 0 Å². The summed E-state index contributed by atoms with van der Waals surface area (Å²) >= 11 is 0. The fourth-order valence-corrected chi connectivity index (χ4v) is 2.68. The van der Waals surface area contributed by atoms with Crippen LogP contribution < -0.4 is 10.0 Å². The second-order valence-electron chi connectivity index (χ2n) is 5.72. The summed E-state index contributed by atoms with van der Waals surface area (Å²) in [5.74, 6) is 0.626. The monoisotopic (exact) mass is 272 g/mol. The van der Waals surface area contributed by atoms with Crippen molar-refractivity contribution in [3.63, 3.8) is 0 Å². The Labute approximate surface area is 108 Å². The first-order valence-corrected chi connectivity index (χ1v) is 7.61. The van der Waals surface area contributed by atoms with Gasteiger partial charge in [0.2, 0.25) is 5.09 Å². The second-order valence-corrected chi connectivity index (χ2v) is 7.36. The molecule has 2 rings (SSSR count). The highest BCUT2D eigenvalue weighted by Gasteiger charge is 2.29. The van der Waals surface area contributed by atoms with Gasteiger partial charge in [-0.25, -0.2) is 13.1 Å². The molecule has 0 atom stereocenters. The molecule has 1 heterocycles. The van der Waals surface area contributed by atoms with Crippen molar-refractivity contribution >= 4 is 10.0 Å². The molecule has 0 bridgehead atoms. The summed E-state index contributed by atoms with van der Waals surface area (Å²) < 4.78 is 31.7. The van der Waals surface area contributed by atoms with E-state index in [0.29, 0.717) is 12.3 Å². The number of sulfonamides is 1. The number of hydrogen-bond acceptors (Lipinski definition) is 4. The number of furan rings is 1. The van der Waals surface area contributed by atoms with Gasteiger partial charge in [-0.2, -0.15) is 0 Å². The van der Waals surface area contributed by atoms with Crippen molar-refractivity contribution in [2.45, 2.75) is 56.8 Å². The molecule has 0 aliphatic heterocycles. The van der Waals surface area contributed by atoms with E-state index in [1.165, 1.54) is 6.07 Å². The van der Waals surface area contributed by atoms with Crippen molar-refractivity contribution in [3.05, 3.63) is 17.9 Å². The molecule has 0 unspecified atom stereocenters. The van der Waals surface area contributed by atoms with Gasteiger partial charge in [-0.15, -0.1) is 0 Å². The van der Waals surface area contributed by atoms with E-state index in [0.717, 1.165) is 12.8 Å². The van der Waals surface area contributed by atoms with Gasteiger partial charge in [0.25, 0.3) is 10.0 Å². The Morgan fingerprint density at radius 2 is 2.00 bits per heavy atom. The molecule has 102 valence electrons. The van der Waals surface area contributed by atoms with E-state index in [1.54, 1.807) is 6.07 Å². The minimum Gasteiger partial charge on any atom is -0.447 e. The lowest BCUT2D eigenvalue weighted by molar-refractivity contribution is 0.359. The van der Waals surface area contributed by atoms with Gasteiger partial charge < -0.3 is 9.73 Å². The molecule has 1 aromatic rings. The normalized spacial score (nSPS) is 17.1. The van der Waals surface area contributed by atoms with Crippen LogP contribution in [0.3, 0.4) is 0 Å². The largest absolute Gasteiger partial charge is 0.447 e. The predicted octanol–water partition coefficient (Wildman–Crippen LogP) is 1.61. The van der Waals surface area contributed by atoms with Crippen LogP contribution in [0.4, 0.5) is 0 Å². The van der Waals surface area contributed by atoms with Gasteiger partial charge in [0.15, 0.2) is 0 Å². The maximum Gasteiger partial charge on any atom is 0.274 e. The van der Waals surface area contributed by atoms with Crippen LogP contribution in [-0.2, 0) is 16.6 Å². The SMILES string of the molecule is CC(C)(C)NCc1ccc(S(=O)(=O)NC2CC2)o1. The van der Waals surface area contributed by atoms with Crippen LogP contribution in [0, 0.1) is 0 Å². The first-order chi connectivity index (χ1) is 8.26. The summed E-state index contributed by atoms with van der Waals surface area (Å²) in [5.41, 5.74) is -0.0297. The third-order valence-electron chi connectivity index (χ3n) is 2.59. The molecule has 6 heteroatoms. The molecule has 2 N–H and O–H groups in total. The summed E-state index contributed by atoms with van der Waals surface area (Å²) in [6.07, 6.45) is 1.83. The van der Waals surface area contributed by atoms with Gasteiger partial charge in [-0.1, -0.05) is 0 Å². The molecule has 1 saturated carbocycles. The Morgan fingerprint density at radius 1 is 1.33 bits per heavy atom. The van der Waals surface area contributed by atoms with Crippen molar-refractivity contribution in [3.8, 4) is 0 Å². The fourth-order valence-electron chi connectivity index (χ4n) is 1.43. The van der Waals surface area contributed by atoms with E-state index in [2.05, 4.69) is 10.0 Å². The maximum absolute atomic E-state index is 11.9.